The molecule has 5 heteroatoms. The summed E-state index contributed by atoms with van der Waals surface area (Å²) < 4.78 is 5.19. The lowest BCUT2D eigenvalue weighted by atomic mass is 10.1. The molecule has 0 heterocycles. The lowest BCUT2D eigenvalue weighted by molar-refractivity contribution is 0.0496. The summed E-state index contributed by atoms with van der Waals surface area (Å²) in [4.78, 5) is 11.6. The van der Waals surface area contributed by atoms with E-state index in [4.69, 9.17) is 14.9 Å². The van der Waals surface area contributed by atoms with Gasteiger partial charge in [0, 0.05) is 19.3 Å². The molecule has 0 aliphatic heterocycles. The molecule has 0 saturated carbocycles. The van der Waals surface area contributed by atoms with Gasteiger partial charge in [0.1, 0.15) is 5.60 Å². The van der Waals surface area contributed by atoms with Crippen molar-refractivity contribution in [2.24, 2.45) is 0 Å². The van der Waals surface area contributed by atoms with Crippen molar-refractivity contribution in [3.8, 4) is 0 Å². The van der Waals surface area contributed by atoms with E-state index in [0.29, 0.717) is 6.42 Å². The van der Waals surface area contributed by atoms with Crippen molar-refractivity contribution >= 4 is 6.09 Å². The maximum absolute atomic E-state index is 11.6. The van der Waals surface area contributed by atoms with Crippen LogP contribution in [0.4, 0.5) is 4.79 Å². The van der Waals surface area contributed by atoms with E-state index in [1.807, 2.05) is 20.8 Å². The lowest BCUT2D eigenvalue weighted by Crippen LogP contribution is -2.39. The highest BCUT2D eigenvalue weighted by Gasteiger charge is 2.19. The summed E-state index contributed by atoms with van der Waals surface area (Å²) in [5, 5.41) is 20.4. The fourth-order valence-corrected chi connectivity index (χ4v) is 1.60. The molecule has 0 aromatic heterocycles. The molecule has 0 aliphatic rings. The van der Waals surface area contributed by atoms with Gasteiger partial charge in [0.2, 0.25) is 0 Å². The molecular weight excluding hydrogens is 234 g/mol. The number of hydrogen-bond donors (Lipinski definition) is 3. The highest BCUT2D eigenvalue weighted by Crippen LogP contribution is 2.10. The minimum atomic E-state index is -0.503. The van der Waals surface area contributed by atoms with Crippen LogP contribution >= 0.6 is 0 Å². The summed E-state index contributed by atoms with van der Waals surface area (Å²) in [6.45, 7) is 5.74. The SMILES string of the molecule is CC(C)(C)OC(=O)N[C@H](CCCO)CCCCO. The van der Waals surface area contributed by atoms with Crippen molar-refractivity contribution in [2.75, 3.05) is 13.2 Å². The highest BCUT2D eigenvalue weighted by molar-refractivity contribution is 5.68. The third kappa shape index (κ3) is 10.4. The number of rotatable bonds is 8. The van der Waals surface area contributed by atoms with Crippen LogP contribution < -0.4 is 5.32 Å². The number of aliphatic hydroxyl groups is 2. The summed E-state index contributed by atoms with van der Waals surface area (Å²) in [5.41, 5.74) is -0.503. The van der Waals surface area contributed by atoms with Gasteiger partial charge in [-0.3, -0.25) is 0 Å². The van der Waals surface area contributed by atoms with E-state index >= 15 is 0 Å². The molecule has 0 aliphatic carbocycles. The van der Waals surface area contributed by atoms with Gasteiger partial charge >= 0.3 is 6.09 Å². The van der Waals surface area contributed by atoms with Gasteiger partial charge in [0.25, 0.3) is 0 Å². The molecule has 18 heavy (non-hydrogen) atoms. The molecule has 0 unspecified atom stereocenters. The lowest BCUT2D eigenvalue weighted by Gasteiger charge is -2.23. The van der Waals surface area contributed by atoms with Gasteiger partial charge in [0.05, 0.1) is 0 Å². The number of nitrogens with one attached hydrogen (secondary N) is 1. The third-order valence-electron chi connectivity index (χ3n) is 2.39. The number of carbonyl (C=O) groups is 1. The Hall–Kier alpha value is -0.810. The topological polar surface area (TPSA) is 78.8 Å². The van der Waals surface area contributed by atoms with Crippen LogP contribution in [0.3, 0.4) is 0 Å². The number of alkyl carbamates (subject to hydrolysis) is 1. The second-order valence-corrected chi connectivity index (χ2v) is 5.43. The van der Waals surface area contributed by atoms with Crippen LogP contribution in [0, 0.1) is 0 Å². The zero-order chi connectivity index (χ0) is 14.0. The molecular formula is C13H27NO4. The minimum absolute atomic E-state index is 0.00134. The van der Waals surface area contributed by atoms with Gasteiger partial charge in [0.15, 0.2) is 0 Å². The zero-order valence-electron chi connectivity index (χ0n) is 11.7. The molecule has 0 rings (SSSR count). The van der Waals surface area contributed by atoms with Gasteiger partial charge < -0.3 is 20.3 Å². The highest BCUT2D eigenvalue weighted by atomic mass is 16.6. The van der Waals surface area contributed by atoms with Crippen LogP contribution in [0.25, 0.3) is 0 Å². The average molecular weight is 261 g/mol. The predicted molar refractivity (Wildman–Crippen MR) is 70.4 cm³/mol. The maximum Gasteiger partial charge on any atom is 0.407 e. The van der Waals surface area contributed by atoms with E-state index in [1.165, 1.54) is 0 Å². The first-order valence-corrected chi connectivity index (χ1v) is 6.60. The predicted octanol–water partition coefficient (Wildman–Crippen LogP) is 1.81. The maximum atomic E-state index is 11.6. The number of aliphatic hydroxyl groups excluding tert-OH is 2. The Morgan fingerprint density at radius 1 is 1.11 bits per heavy atom. The largest absolute Gasteiger partial charge is 0.444 e. The Morgan fingerprint density at radius 2 is 1.67 bits per heavy atom. The Bertz CT molecular complexity index is 226. The van der Waals surface area contributed by atoms with E-state index < -0.39 is 11.7 Å². The number of ether oxygens (including phenoxy) is 1. The van der Waals surface area contributed by atoms with E-state index in [1.54, 1.807) is 0 Å². The van der Waals surface area contributed by atoms with Gasteiger partial charge in [-0.05, 0) is 52.9 Å². The van der Waals surface area contributed by atoms with Gasteiger partial charge in [-0.1, -0.05) is 0 Å². The molecule has 0 saturated heterocycles. The summed E-state index contributed by atoms with van der Waals surface area (Å²) in [6.07, 6.45) is 3.32. The van der Waals surface area contributed by atoms with E-state index in [-0.39, 0.29) is 19.3 Å². The molecule has 1 atom stereocenters. The molecule has 0 spiro atoms. The second-order valence-electron chi connectivity index (χ2n) is 5.43. The molecule has 1 amide bonds. The molecule has 108 valence electrons. The zero-order valence-corrected chi connectivity index (χ0v) is 11.7. The fraction of sp³-hybridized carbons (Fsp3) is 0.923. The summed E-state index contributed by atoms with van der Waals surface area (Å²) in [6, 6.07) is -0.00134. The Kier molecular flexibility index (Phi) is 8.75. The number of amides is 1. The Balaban J connectivity index is 4.08. The first-order chi connectivity index (χ1) is 8.39. The quantitative estimate of drug-likeness (QED) is 0.582. The molecule has 5 nitrogen and oxygen atoms in total. The van der Waals surface area contributed by atoms with Gasteiger partial charge in [-0.15, -0.1) is 0 Å². The fourth-order valence-electron chi connectivity index (χ4n) is 1.60. The monoisotopic (exact) mass is 261 g/mol. The van der Waals surface area contributed by atoms with Crippen molar-refractivity contribution in [2.45, 2.75) is 64.5 Å². The van der Waals surface area contributed by atoms with Crippen LogP contribution in [-0.2, 0) is 4.74 Å². The van der Waals surface area contributed by atoms with Crippen molar-refractivity contribution in [1.29, 1.82) is 0 Å². The Morgan fingerprint density at radius 3 is 2.17 bits per heavy atom. The first kappa shape index (κ1) is 17.2. The van der Waals surface area contributed by atoms with Crippen molar-refractivity contribution in [3.05, 3.63) is 0 Å². The summed E-state index contributed by atoms with van der Waals surface area (Å²) in [5.74, 6) is 0. The van der Waals surface area contributed by atoms with E-state index in [2.05, 4.69) is 5.32 Å². The van der Waals surface area contributed by atoms with Crippen LogP contribution in [0.5, 0.6) is 0 Å². The number of carbonyl (C=O) groups excluding carboxylic acids is 1. The second kappa shape index (κ2) is 9.16. The Labute approximate surface area is 110 Å². The smallest absolute Gasteiger partial charge is 0.407 e. The molecule has 3 N–H and O–H groups in total. The van der Waals surface area contributed by atoms with E-state index in [0.717, 1.165) is 25.7 Å². The van der Waals surface area contributed by atoms with Crippen LogP contribution in [-0.4, -0.2) is 41.2 Å². The van der Waals surface area contributed by atoms with Crippen molar-refractivity contribution in [3.63, 3.8) is 0 Å². The number of hydrogen-bond acceptors (Lipinski definition) is 4. The van der Waals surface area contributed by atoms with Crippen molar-refractivity contribution in [1.82, 2.24) is 5.32 Å². The van der Waals surface area contributed by atoms with Crippen LogP contribution in [0.1, 0.15) is 52.9 Å². The number of unbranched alkanes of at least 4 members (excludes halogenated alkanes) is 1. The molecule has 0 aromatic carbocycles. The summed E-state index contributed by atoms with van der Waals surface area (Å²) in [7, 11) is 0. The first-order valence-electron chi connectivity index (χ1n) is 6.60. The molecule has 0 fully saturated rings. The van der Waals surface area contributed by atoms with E-state index in [9.17, 15) is 4.79 Å². The molecule has 0 aromatic rings. The molecule has 0 radical (unpaired) electrons. The molecule has 0 bridgehead atoms. The van der Waals surface area contributed by atoms with Crippen LogP contribution in [0.15, 0.2) is 0 Å². The van der Waals surface area contributed by atoms with Crippen molar-refractivity contribution < 1.29 is 19.7 Å². The van der Waals surface area contributed by atoms with Crippen LogP contribution in [0.2, 0.25) is 0 Å². The third-order valence-corrected chi connectivity index (χ3v) is 2.39. The summed E-state index contributed by atoms with van der Waals surface area (Å²) >= 11 is 0. The standard InChI is InChI=1S/C13H27NO4/c1-13(2,3)18-12(17)14-11(8-6-10-16)7-4-5-9-15/h11,15-16H,4-10H2,1-3H3,(H,14,17)/t11-/m0/s1. The average Bonchev–Trinajstić information content (AvgIpc) is 2.23. The van der Waals surface area contributed by atoms with Gasteiger partial charge in [-0.25, -0.2) is 4.79 Å². The normalized spacial score (nSPS) is 13.2. The van der Waals surface area contributed by atoms with Gasteiger partial charge in [-0.2, -0.15) is 0 Å². The minimum Gasteiger partial charge on any atom is -0.444 e.